The molecule has 0 aromatic carbocycles. The Kier molecular flexibility index (Phi) is 3.96. The molecule has 1 saturated heterocycles. The van der Waals surface area contributed by atoms with E-state index in [0.29, 0.717) is 5.13 Å². The van der Waals surface area contributed by atoms with Crippen molar-refractivity contribution >= 4 is 16.7 Å². The summed E-state index contributed by atoms with van der Waals surface area (Å²) in [5.41, 5.74) is 2.80. The zero-order valence-corrected chi connectivity index (χ0v) is 11.3. The van der Waals surface area contributed by atoms with E-state index in [1.165, 1.54) is 11.5 Å². The van der Waals surface area contributed by atoms with Crippen LogP contribution in [0, 0.1) is 0 Å². The van der Waals surface area contributed by atoms with Crippen LogP contribution >= 0.6 is 11.5 Å². The minimum atomic E-state index is -0.161. The van der Waals surface area contributed by atoms with Crippen molar-refractivity contribution in [2.75, 3.05) is 12.1 Å². The van der Waals surface area contributed by atoms with Gasteiger partial charge >= 0.3 is 0 Å². The van der Waals surface area contributed by atoms with E-state index in [0.717, 1.165) is 31.7 Å². The zero-order valence-electron chi connectivity index (χ0n) is 10.5. The van der Waals surface area contributed by atoms with Gasteiger partial charge in [-0.15, -0.1) is 0 Å². The summed E-state index contributed by atoms with van der Waals surface area (Å²) in [7, 11) is 0. The minimum absolute atomic E-state index is 0.0300. The minimum Gasteiger partial charge on any atom is -0.350 e. The summed E-state index contributed by atoms with van der Waals surface area (Å²) < 4.78 is 9.74. The Bertz CT molecular complexity index is 356. The topological polar surface area (TPSA) is 56.3 Å². The smallest absolute Gasteiger partial charge is 0.226 e. The van der Waals surface area contributed by atoms with Crippen LogP contribution in [-0.4, -0.2) is 22.3 Å². The molecule has 2 heterocycles. The van der Waals surface area contributed by atoms with Crippen LogP contribution in [0.3, 0.4) is 0 Å². The Hall–Kier alpha value is -0.720. The van der Waals surface area contributed by atoms with E-state index in [-0.39, 0.29) is 11.7 Å². The lowest BCUT2D eigenvalue weighted by Gasteiger charge is -2.21. The third kappa shape index (κ3) is 3.62. The molecule has 6 heteroatoms. The van der Waals surface area contributed by atoms with Gasteiger partial charge in [-0.25, -0.2) is 15.3 Å². The highest BCUT2D eigenvalue weighted by Crippen LogP contribution is 2.23. The fourth-order valence-electron chi connectivity index (χ4n) is 1.49. The molecule has 17 heavy (non-hydrogen) atoms. The van der Waals surface area contributed by atoms with Gasteiger partial charge < -0.3 is 4.74 Å². The van der Waals surface area contributed by atoms with Crippen molar-refractivity contribution in [2.45, 2.75) is 51.7 Å². The van der Waals surface area contributed by atoms with E-state index >= 15 is 0 Å². The van der Waals surface area contributed by atoms with Gasteiger partial charge in [0.15, 0.2) is 6.29 Å². The summed E-state index contributed by atoms with van der Waals surface area (Å²) >= 11 is 1.31. The highest BCUT2D eigenvalue weighted by atomic mass is 32.1. The third-order valence-corrected chi connectivity index (χ3v) is 3.12. The molecule has 1 aliphatic rings. The average molecular weight is 257 g/mol. The van der Waals surface area contributed by atoms with Gasteiger partial charge in [-0.05, 0) is 12.8 Å². The zero-order chi connectivity index (χ0) is 12.3. The van der Waals surface area contributed by atoms with Gasteiger partial charge in [0.1, 0.15) is 5.82 Å². The molecule has 5 nitrogen and oxygen atoms in total. The Morgan fingerprint density at radius 1 is 1.41 bits per heavy atom. The first kappa shape index (κ1) is 12.7. The van der Waals surface area contributed by atoms with E-state index in [1.54, 1.807) is 0 Å². The first-order chi connectivity index (χ1) is 8.05. The fraction of sp³-hybridized carbons (Fsp3) is 0.818. The number of nitrogens with zero attached hydrogens (tertiary/aromatic N) is 2. The van der Waals surface area contributed by atoms with E-state index in [4.69, 9.17) is 9.57 Å². The van der Waals surface area contributed by atoms with Crippen molar-refractivity contribution < 1.29 is 9.57 Å². The van der Waals surface area contributed by atoms with E-state index in [9.17, 15) is 0 Å². The first-order valence-electron chi connectivity index (χ1n) is 5.93. The maximum Gasteiger partial charge on any atom is 0.226 e. The lowest BCUT2D eigenvalue weighted by Crippen LogP contribution is -2.24. The van der Waals surface area contributed by atoms with Crippen LogP contribution < -0.4 is 5.48 Å². The largest absolute Gasteiger partial charge is 0.350 e. The molecule has 1 fully saturated rings. The maximum atomic E-state index is 5.45. The lowest BCUT2D eigenvalue weighted by molar-refractivity contribution is -0.145. The number of anilines is 1. The van der Waals surface area contributed by atoms with Crippen molar-refractivity contribution in [1.29, 1.82) is 0 Å². The second kappa shape index (κ2) is 5.29. The van der Waals surface area contributed by atoms with Crippen molar-refractivity contribution in [2.24, 2.45) is 0 Å². The van der Waals surface area contributed by atoms with E-state index in [2.05, 4.69) is 35.6 Å². The molecule has 0 radical (unpaired) electrons. The number of hydrogen-bond acceptors (Lipinski definition) is 6. The monoisotopic (exact) mass is 257 g/mol. The summed E-state index contributed by atoms with van der Waals surface area (Å²) in [6.45, 7) is 7.04. The molecule has 1 aliphatic heterocycles. The van der Waals surface area contributed by atoms with Gasteiger partial charge in [-0.2, -0.15) is 4.37 Å². The van der Waals surface area contributed by atoms with Crippen LogP contribution in [-0.2, 0) is 15.0 Å². The molecule has 1 aromatic rings. The second-order valence-electron chi connectivity index (χ2n) is 5.19. The Morgan fingerprint density at radius 3 is 2.82 bits per heavy atom. The number of nitrogens with one attached hydrogen (secondary N) is 1. The van der Waals surface area contributed by atoms with Gasteiger partial charge in [0.05, 0.1) is 0 Å². The van der Waals surface area contributed by atoms with Crippen LogP contribution in [0.5, 0.6) is 0 Å². The standard InChI is InChI=1S/C11H19N3O2S/c1-11(2,3)9-12-10(17-14-9)13-16-8-6-4-5-7-15-8/h8H,4-7H2,1-3H3,(H,12,13,14). The first-order valence-corrected chi connectivity index (χ1v) is 6.70. The summed E-state index contributed by atoms with van der Waals surface area (Å²) in [4.78, 5) is 9.81. The molecule has 0 bridgehead atoms. The number of rotatable bonds is 3. The van der Waals surface area contributed by atoms with Crippen LogP contribution in [0.2, 0.25) is 0 Å². The molecule has 0 amide bonds. The second-order valence-corrected chi connectivity index (χ2v) is 5.94. The quantitative estimate of drug-likeness (QED) is 0.844. The lowest BCUT2D eigenvalue weighted by atomic mass is 9.96. The van der Waals surface area contributed by atoms with Crippen molar-refractivity contribution in [3.63, 3.8) is 0 Å². The number of aromatic nitrogens is 2. The summed E-state index contributed by atoms with van der Waals surface area (Å²) in [6, 6.07) is 0. The van der Waals surface area contributed by atoms with Crippen LogP contribution in [0.25, 0.3) is 0 Å². The van der Waals surface area contributed by atoms with E-state index in [1.807, 2.05) is 0 Å². The Labute approximate surface area is 106 Å². The Balaban J connectivity index is 1.84. The van der Waals surface area contributed by atoms with E-state index < -0.39 is 0 Å². The van der Waals surface area contributed by atoms with Gasteiger partial charge in [0.2, 0.25) is 5.13 Å². The third-order valence-electron chi connectivity index (χ3n) is 2.51. The number of ether oxygens (including phenoxy) is 1. The molecule has 0 saturated carbocycles. The molecule has 1 N–H and O–H groups in total. The highest BCUT2D eigenvalue weighted by molar-refractivity contribution is 7.09. The molecule has 1 atom stereocenters. The van der Waals surface area contributed by atoms with Gasteiger partial charge in [-0.3, -0.25) is 0 Å². The predicted octanol–water partition coefficient (Wildman–Crippen LogP) is 2.71. The van der Waals surface area contributed by atoms with Crippen molar-refractivity contribution in [3.05, 3.63) is 5.82 Å². The molecule has 0 aliphatic carbocycles. The molecular formula is C11H19N3O2S. The molecule has 2 rings (SSSR count). The van der Waals surface area contributed by atoms with Gasteiger partial charge in [0.25, 0.3) is 0 Å². The fourth-order valence-corrected chi connectivity index (χ4v) is 2.19. The Morgan fingerprint density at radius 2 is 2.24 bits per heavy atom. The summed E-state index contributed by atoms with van der Waals surface area (Å²) in [5.74, 6) is 0.832. The van der Waals surface area contributed by atoms with Crippen molar-refractivity contribution in [3.8, 4) is 0 Å². The van der Waals surface area contributed by atoms with Crippen LogP contribution in [0.1, 0.15) is 45.9 Å². The van der Waals surface area contributed by atoms with Gasteiger partial charge in [0, 0.05) is 30.0 Å². The van der Waals surface area contributed by atoms with Crippen LogP contribution in [0.15, 0.2) is 0 Å². The summed E-state index contributed by atoms with van der Waals surface area (Å²) in [5, 5.41) is 0.684. The normalized spacial score (nSPS) is 21.5. The van der Waals surface area contributed by atoms with Crippen molar-refractivity contribution in [1.82, 2.24) is 9.36 Å². The predicted molar refractivity (Wildman–Crippen MR) is 66.9 cm³/mol. The van der Waals surface area contributed by atoms with Gasteiger partial charge in [-0.1, -0.05) is 20.8 Å². The highest BCUT2D eigenvalue weighted by Gasteiger charge is 2.20. The SMILES string of the molecule is CC(C)(C)c1nsc(NOC2CCCCO2)n1. The average Bonchev–Trinajstić information content (AvgIpc) is 2.76. The summed E-state index contributed by atoms with van der Waals surface area (Å²) in [6.07, 6.45) is 3.03. The molecule has 1 unspecified atom stereocenters. The molecule has 1 aromatic heterocycles. The molecular weight excluding hydrogens is 238 g/mol. The van der Waals surface area contributed by atoms with Crippen LogP contribution in [0.4, 0.5) is 5.13 Å². The molecule has 96 valence electrons. The maximum absolute atomic E-state index is 5.45. The number of hydrogen-bond donors (Lipinski definition) is 1. The molecule has 0 spiro atoms.